The molecule has 0 heterocycles. The Morgan fingerprint density at radius 3 is 1.46 bits per heavy atom. The van der Waals surface area contributed by atoms with E-state index in [9.17, 15) is 0 Å². The molecule has 80 valence electrons. The smallest absolute Gasteiger partial charge is 0.180 e. The van der Waals surface area contributed by atoms with E-state index in [0.29, 0.717) is 0 Å². The Bertz CT molecular complexity index is 139. The maximum absolute atomic E-state index is 8.97. The first kappa shape index (κ1) is 12.7. The summed E-state index contributed by atoms with van der Waals surface area (Å²) in [6.45, 7) is -0.813. The molecule has 4 atom stereocenters. The topological polar surface area (TPSA) is 142 Å². The zero-order valence-corrected chi connectivity index (χ0v) is 6.72. The Labute approximate surface area is 74.1 Å². The van der Waals surface area contributed by atoms with Crippen LogP contribution in [0.4, 0.5) is 0 Å². The van der Waals surface area contributed by atoms with Gasteiger partial charge in [0.15, 0.2) is 6.29 Å². The Hall–Kier alpha value is -0.280. The van der Waals surface area contributed by atoms with Crippen molar-refractivity contribution in [1.29, 1.82) is 0 Å². The standard InChI is InChI=1S/C6H14O7/c7-1-2(8)3(9)4(10)5(11)6(12)13/h2-13H,1H2/t2-,3+,4-,5+/m0/s1. The number of aliphatic hydroxyl groups excluding tert-OH is 6. The largest absolute Gasteiger partial charge is 0.394 e. The molecule has 0 saturated carbocycles. The van der Waals surface area contributed by atoms with Crippen molar-refractivity contribution in [2.24, 2.45) is 0 Å². The van der Waals surface area contributed by atoms with Gasteiger partial charge in [0.05, 0.1) is 6.61 Å². The monoisotopic (exact) mass is 198 g/mol. The van der Waals surface area contributed by atoms with Crippen LogP contribution >= 0.6 is 0 Å². The summed E-state index contributed by atoms with van der Waals surface area (Å²) in [6, 6.07) is 0. The van der Waals surface area contributed by atoms with Crippen molar-refractivity contribution >= 4 is 0 Å². The van der Waals surface area contributed by atoms with E-state index in [2.05, 4.69) is 0 Å². The molecule has 0 amide bonds. The number of hydrogen-bond acceptors (Lipinski definition) is 7. The van der Waals surface area contributed by atoms with Crippen molar-refractivity contribution in [1.82, 2.24) is 0 Å². The molecule has 0 fully saturated rings. The third-order valence-corrected chi connectivity index (χ3v) is 1.59. The molecule has 0 aromatic rings. The summed E-state index contributed by atoms with van der Waals surface area (Å²) in [4.78, 5) is 0. The van der Waals surface area contributed by atoms with Crippen molar-refractivity contribution in [3.63, 3.8) is 0 Å². The molecule has 0 rings (SSSR count). The van der Waals surface area contributed by atoms with E-state index in [0.717, 1.165) is 0 Å². The van der Waals surface area contributed by atoms with Gasteiger partial charge in [0.25, 0.3) is 0 Å². The van der Waals surface area contributed by atoms with Gasteiger partial charge >= 0.3 is 0 Å². The quantitative estimate of drug-likeness (QED) is 0.222. The predicted molar refractivity (Wildman–Crippen MR) is 39.3 cm³/mol. The van der Waals surface area contributed by atoms with Gasteiger partial charge in [-0.25, -0.2) is 0 Å². The lowest BCUT2D eigenvalue weighted by atomic mass is 10.0. The highest BCUT2D eigenvalue weighted by atomic mass is 16.5. The molecular formula is C6H14O7. The van der Waals surface area contributed by atoms with Gasteiger partial charge in [0.2, 0.25) is 0 Å². The lowest BCUT2D eigenvalue weighted by Gasteiger charge is -2.26. The molecule has 0 aliphatic rings. The lowest BCUT2D eigenvalue weighted by molar-refractivity contribution is -0.190. The SMILES string of the molecule is OC[C@H](O)[C@@H](O)[C@H](O)[C@@H](O)C(O)O. The molecule has 0 unspecified atom stereocenters. The average molecular weight is 198 g/mol. The van der Waals surface area contributed by atoms with Crippen LogP contribution in [-0.2, 0) is 0 Å². The summed E-state index contributed by atoms with van der Waals surface area (Å²) >= 11 is 0. The number of rotatable bonds is 5. The van der Waals surface area contributed by atoms with Crippen LogP contribution in [-0.4, -0.2) is 73.1 Å². The summed E-state index contributed by atoms with van der Waals surface area (Å²) in [5.74, 6) is 0. The Morgan fingerprint density at radius 2 is 1.15 bits per heavy atom. The third-order valence-electron chi connectivity index (χ3n) is 1.59. The molecule has 0 spiro atoms. The highest BCUT2D eigenvalue weighted by Crippen LogP contribution is 2.06. The molecule has 7 nitrogen and oxygen atoms in total. The summed E-state index contributed by atoms with van der Waals surface area (Å²) in [5.41, 5.74) is 0. The summed E-state index contributed by atoms with van der Waals surface area (Å²) in [6.07, 6.45) is -9.67. The first-order valence-electron chi connectivity index (χ1n) is 3.61. The van der Waals surface area contributed by atoms with Crippen LogP contribution in [0.3, 0.4) is 0 Å². The van der Waals surface area contributed by atoms with Gasteiger partial charge in [-0.3, -0.25) is 0 Å². The van der Waals surface area contributed by atoms with E-state index in [1.165, 1.54) is 0 Å². The van der Waals surface area contributed by atoms with E-state index in [4.69, 9.17) is 35.7 Å². The van der Waals surface area contributed by atoms with Gasteiger partial charge in [-0.2, -0.15) is 0 Å². The molecule has 0 aliphatic heterocycles. The van der Waals surface area contributed by atoms with Crippen molar-refractivity contribution in [2.75, 3.05) is 6.61 Å². The Kier molecular flexibility index (Phi) is 5.33. The van der Waals surface area contributed by atoms with Gasteiger partial charge in [-0.05, 0) is 0 Å². The zero-order chi connectivity index (χ0) is 10.6. The predicted octanol–water partition coefficient (Wildman–Crippen LogP) is -4.27. The number of aliphatic hydroxyl groups is 7. The maximum Gasteiger partial charge on any atom is 0.180 e. The van der Waals surface area contributed by atoms with Crippen LogP contribution < -0.4 is 0 Å². The van der Waals surface area contributed by atoms with Gasteiger partial charge in [0.1, 0.15) is 24.4 Å². The maximum atomic E-state index is 8.97. The minimum Gasteiger partial charge on any atom is -0.394 e. The van der Waals surface area contributed by atoms with Gasteiger partial charge in [-0.15, -0.1) is 0 Å². The van der Waals surface area contributed by atoms with Crippen LogP contribution in [0.15, 0.2) is 0 Å². The molecule has 0 aliphatic carbocycles. The van der Waals surface area contributed by atoms with Gasteiger partial charge in [-0.1, -0.05) is 0 Å². The van der Waals surface area contributed by atoms with Crippen LogP contribution in [0.1, 0.15) is 0 Å². The van der Waals surface area contributed by atoms with Crippen LogP contribution in [0.2, 0.25) is 0 Å². The summed E-state index contributed by atoms with van der Waals surface area (Å²) in [5, 5.41) is 60.6. The van der Waals surface area contributed by atoms with E-state index < -0.39 is 37.3 Å². The third kappa shape index (κ3) is 3.53. The van der Waals surface area contributed by atoms with E-state index >= 15 is 0 Å². The van der Waals surface area contributed by atoms with Gasteiger partial charge in [0, 0.05) is 0 Å². The Balaban J connectivity index is 4.15. The second-order valence-electron chi connectivity index (χ2n) is 2.64. The fourth-order valence-corrected chi connectivity index (χ4v) is 0.714. The molecule has 7 N–H and O–H groups in total. The van der Waals surface area contributed by atoms with E-state index in [1.807, 2.05) is 0 Å². The lowest BCUT2D eigenvalue weighted by Crippen LogP contribution is -2.49. The first-order valence-corrected chi connectivity index (χ1v) is 3.61. The molecule has 0 aromatic carbocycles. The average Bonchev–Trinajstić information content (AvgIpc) is 2.12. The van der Waals surface area contributed by atoms with Gasteiger partial charge < -0.3 is 35.7 Å². The van der Waals surface area contributed by atoms with Crippen molar-refractivity contribution in [2.45, 2.75) is 30.7 Å². The molecule has 0 aromatic heterocycles. The normalized spacial score (nSPS) is 21.2. The second-order valence-corrected chi connectivity index (χ2v) is 2.64. The molecule has 0 bridgehead atoms. The highest BCUT2D eigenvalue weighted by Gasteiger charge is 2.33. The van der Waals surface area contributed by atoms with E-state index in [1.54, 1.807) is 0 Å². The van der Waals surface area contributed by atoms with E-state index in [-0.39, 0.29) is 0 Å². The fraction of sp³-hybridized carbons (Fsp3) is 1.00. The Morgan fingerprint density at radius 1 is 0.692 bits per heavy atom. The first-order chi connectivity index (χ1) is 5.91. The minimum absolute atomic E-state index is 0.813. The molecule has 0 radical (unpaired) electrons. The second kappa shape index (κ2) is 5.45. The van der Waals surface area contributed by atoms with Crippen LogP contribution in [0, 0.1) is 0 Å². The summed E-state index contributed by atoms with van der Waals surface area (Å²) < 4.78 is 0. The minimum atomic E-state index is -2.23. The fourth-order valence-electron chi connectivity index (χ4n) is 0.714. The van der Waals surface area contributed by atoms with Crippen molar-refractivity contribution < 1.29 is 35.7 Å². The molecule has 13 heavy (non-hydrogen) atoms. The van der Waals surface area contributed by atoms with Crippen molar-refractivity contribution in [3.05, 3.63) is 0 Å². The number of hydrogen-bond donors (Lipinski definition) is 7. The summed E-state index contributed by atoms with van der Waals surface area (Å²) in [7, 11) is 0. The van der Waals surface area contributed by atoms with Crippen LogP contribution in [0.25, 0.3) is 0 Å². The van der Waals surface area contributed by atoms with Crippen LogP contribution in [0.5, 0.6) is 0 Å². The zero-order valence-electron chi connectivity index (χ0n) is 6.72. The highest BCUT2D eigenvalue weighted by molar-refractivity contribution is 4.81. The molecular weight excluding hydrogens is 184 g/mol. The van der Waals surface area contributed by atoms with Crippen molar-refractivity contribution in [3.8, 4) is 0 Å². The molecule has 0 saturated heterocycles. The molecule has 7 heteroatoms.